The van der Waals surface area contributed by atoms with E-state index in [0.29, 0.717) is 0 Å². The fourth-order valence-corrected chi connectivity index (χ4v) is 4.82. The summed E-state index contributed by atoms with van der Waals surface area (Å²) in [7, 11) is 0. The van der Waals surface area contributed by atoms with Crippen LogP contribution in [0.15, 0.2) is 10.1 Å². The summed E-state index contributed by atoms with van der Waals surface area (Å²) in [4.78, 5) is 7.02. The Hall–Kier alpha value is 0.880. The number of halogens is 6. The lowest BCUT2D eigenvalue weighted by molar-refractivity contribution is -0.524. The van der Waals surface area contributed by atoms with Crippen molar-refractivity contribution in [3.63, 3.8) is 0 Å². The van der Waals surface area contributed by atoms with Gasteiger partial charge >= 0.3 is 0 Å². The third kappa shape index (κ3) is 1.15. The molecule has 2 aliphatic carbocycles. The molecule has 9 heteroatoms. The molecule has 0 amide bonds. The lowest BCUT2D eigenvalue weighted by atomic mass is 10.0. The largest absolute Gasteiger partial charge is 0.264 e. The standard InChI is InChI=1S/C7H3Cl6NO2/c8-3-4(9)6(11)2(14(15)16)1-5(3,10)7(6,12)13/h2H,1H2/t2-,5+,6-/m1/s1. The maximum atomic E-state index is 10.9. The van der Waals surface area contributed by atoms with Crippen LogP contribution in [-0.4, -0.2) is 25.0 Å². The highest BCUT2D eigenvalue weighted by Crippen LogP contribution is 2.72. The topological polar surface area (TPSA) is 43.1 Å². The van der Waals surface area contributed by atoms with E-state index in [1.165, 1.54) is 0 Å². The van der Waals surface area contributed by atoms with Crippen molar-refractivity contribution >= 4 is 69.6 Å². The van der Waals surface area contributed by atoms with Gasteiger partial charge in [-0.15, -0.1) is 23.2 Å². The van der Waals surface area contributed by atoms with Gasteiger partial charge in [-0.05, 0) is 0 Å². The molecule has 1 fully saturated rings. The number of nitrogens with zero attached hydrogens (tertiary/aromatic N) is 1. The minimum Gasteiger partial charge on any atom is -0.264 e. The van der Waals surface area contributed by atoms with Gasteiger partial charge in [-0.25, -0.2) is 0 Å². The van der Waals surface area contributed by atoms with Crippen LogP contribution in [-0.2, 0) is 0 Å². The minimum absolute atomic E-state index is 0.0195. The third-order valence-electron chi connectivity index (χ3n) is 3.00. The van der Waals surface area contributed by atoms with Crippen LogP contribution in [0.2, 0.25) is 0 Å². The zero-order valence-electron chi connectivity index (χ0n) is 7.32. The van der Waals surface area contributed by atoms with Crippen molar-refractivity contribution in [2.24, 2.45) is 0 Å². The predicted octanol–water partition coefficient (Wildman–Crippen LogP) is 3.87. The summed E-state index contributed by atoms with van der Waals surface area (Å²) in [6.07, 6.45) is -0.160. The summed E-state index contributed by atoms with van der Waals surface area (Å²) < 4.78 is -1.81. The molecule has 0 unspecified atom stereocenters. The van der Waals surface area contributed by atoms with Gasteiger partial charge in [0.15, 0.2) is 9.21 Å². The Bertz CT molecular complexity index is 423. The number of hydrogen-bond acceptors (Lipinski definition) is 2. The molecule has 0 aromatic carbocycles. The molecule has 90 valence electrons. The molecule has 0 N–H and O–H groups in total. The molecule has 0 aliphatic heterocycles. The van der Waals surface area contributed by atoms with Gasteiger partial charge in [0, 0.05) is 11.3 Å². The zero-order valence-corrected chi connectivity index (χ0v) is 11.9. The average Bonchev–Trinajstić information content (AvgIpc) is 2.39. The fourth-order valence-electron chi connectivity index (χ4n) is 2.10. The van der Waals surface area contributed by atoms with Gasteiger partial charge in [-0.1, -0.05) is 46.4 Å². The Balaban J connectivity index is 2.69. The van der Waals surface area contributed by atoms with Crippen molar-refractivity contribution in [1.82, 2.24) is 0 Å². The number of alkyl halides is 4. The van der Waals surface area contributed by atoms with E-state index in [-0.39, 0.29) is 16.5 Å². The van der Waals surface area contributed by atoms with E-state index in [1.807, 2.05) is 0 Å². The predicted molar refractivity (Wildman–Crippen MR) is 65.7 cm³/mol. The van der Waals surface area contributed by atoms with Crippen LogP contribution >= 0.6 is 69.6 Å². The van der Waals surface area contributed by atoms with Gasteiger partial charge in [-0.2, -0.15) is 0 Å². The van der Waals surface area contributed by atoms with Gasteiger partial charge in [0.05, 0.1) is 10.1 Å². The zero-order chi connectivity index (χ0) is 12.5. The SMILES string of the molecule is O=[N+]([O-])[C@@H]1C[C@]2(Cl)C(Cl)=C(Cl)[C@@]1(Cl)C2(Cl)Cl. The Kier molecular flexibility index (Phi) is 2.88. The van der Waals surface area contributed by atoms with E-state index in [9.17, 15) is 10.1 Å². The monoisotopic (exact) mass is 343 g/mol. The molecule has 16 heavy (non-hydrogen) atoms. The lowest BCUT2D eigenvalue weighted by Gasteiger charge is -2.30. The van der Waals surface area contributed by atoms with Crippen molar-refractivity contribution in [2.75, 3.05) is 0 Å². The summed E-state index contributed by atoms with van der Waals surface area (Å²) in [6, 6.07) is -1.27. The second-order valence-corrected chi connectivity index (χ2v) is 7.05. The number of fused-ring (bicyclic) bond motifs is 2. The molecule has 0 heterocycles. The first-order chi connectivity index (χ1) is 7.10. The van der Waals surface area contributed by atoms with E-state index in [0.717, 1.165) is 0 Å². The quantitative estimate of drug-likeness (QED) is 0.411. The molecule has 0 spiro atoms. The van der Waals surface area contributed by atoms with Crippen LogP contribution in [0.4, 0.5) is 0 Å². The van der Waals surface area contributed by atoms with Crippen molar-refractivity contribution in [1.29, 1.82) is 0 Å². The van der Waals surface area contributed by atoms with Crippen molar-refractivity contribution in [3.05, 3.63) is 20.2 Å². The molecule has 3 nitrogen and oxygen atoms in total. The van der Waals surface area contributed by atoms with E-state index in [4.69, 9.17) is 69.6 Å². The van der Waals surface area contributed by atoms with E-state index < -0.39 is 25.0 Å². The highest BCUT2D eigenvalue weighted by atomic mass is 35.5. The normalized spacial score (nSPS) is 45.2. The maximum absolute atomic E-state index is 10.9. The number of rotatable bonds is 1. The molecule has 2 bridgehead atoms. The Morgan fingerprint density at radius 3 is 2.00 bits per heavy atom. The highest BCUT2D eigenvalue weighted by Gasteiger charge is 2.82. The Morgan fingerprint density at radius 1 is 1.19 bits per heavy atom. The third-order valence-corrected chi connectivity index (χ3v) is 7.27. The van der Waals surface area contributed by atoms with Crippen molar-refractivity contribution in [3.8, 4) is 0 Å². The second-order valence-electron chi connectivity index (χ2n) is 3.72. The maximum Gasteiger partial charge on any atom is 0.242 e. The molecular formula is C7H3Cl6NO2. The lowest BCUT2D eigenvalue weighted by Crippen LogP contribution is -2.48. The second kappa shape index (κ2) is 3.46. The molecule has 3 atom stereocenters. The molecule has 2 rings (SSSR count). The van der Waals surface area contributed by atoms with Gasteiger partial charge < -0.3 is 0 Å². The van der Waals surface area contributed by atoms with Crippen LogP contribution in [0.3, 0.4) is 0 Å². The van der Waals surface area contributed by atoms with Crippen LogP contribution < -0.4 is 0 Å². The van der Waals surface area contributed by atoms with Gasteiger partial charge in [0.2, 0.25) is 6.04 Å². The van der Waals surface area contributed by atoms with Crippen LogP contribution in [0.1, 0.15) is 6.42 Å². The van der Waals surface area contributed by atoms with Crippen molar-refractivity contribution < 1.29 is 4.92 Å². The first-order valence-electron chi connectivity index (χ1n) is 4.06. The first kappa shape index (κ1) is 13.3. The van der Waals surface area contributed by atoms with E-state index >= 15 is 0 Å². The van der Waals surface area contributed by atoms with Crippen LogP contribution in [0.5, 0.6) is 0 Å². The van der Waals surface area contributed by atoms with Gasteiger partial charge in [0.1, 0.15) is 4.87 Å². The summed E-state index contributed by atoms with van der Waals surface area (Å²) in [5.41, 5.74) is 0. The number of nitro groups is 1. The van der Waals surface area contributed by atoms with Gasteiger partial charge in [-0.3, -0.25) is 10.1 Å². The molecule has 0 radical (unpaired) electrons. The van der Waals surface area contributed by atoms with E-state index in [2.05, 4.69) is 0 Å². The average molecular weight is 346 g/mol. The van der Waals surface area contributed by atoms with Crippen LogP contribution in [0, 0.1) is 10.1 Å². The van der Waals surface area contributed by atoms with Gasteiger partial charge in [0.25, 0.3) is 0 Å². The number of hydrogen-bond donors (Lipinski definition) is 0. The summed E-state index contributed by atoms with van der Waals surface area (Å²) in [5, 5.41) is 10.7. The molecule has 0 aromatic rings. The molecular weight excluding hydrogens is 343 g/mol. The fraction of sp³-hybridized carbons (Fsp3) is 0.714. The first-order valence-corrected chi connectivity index (χ1v) is 6.33. The Labute approximate surface area is 121 Å². The molecule has 0 aromatic heterocycles. The van der Waals surface area contributed by atoms with Crippen molar-refractivity contribution in [2.45, 2.75) is 26.5 Å². The Morgan fingerprint density at radius 2 is 1.69 bits per heavy atom. The molecule has 1 saturated carbocycles. The smallest absolute Gasteiger partial charge is 0.242 e. The van der Waals surface area contributed by atoms with E-state index in [1.54, 1.807) is 0 Å². The summed E-state index contributed by atoms with van der Waals surface area (Å²) >= 11 is 36.1. The summed E-state index contributed by atoms with van der Waals surface area (Å²) in [6.45, 7) is 0. The molecule has 0 saturated heterocycles. The molecule has 2 aliphatic rings. The summed E-state index contributed by atoms with van der Waals surface area (Å²) in [5.74, 6) is 0. The highest BCUT2D eigenvalue weighted by molar-refractivity contribution is 6.65. The van der Waals surface area contributed by atoms with Crippen LogP contribution in [0.25, 0.3) is 0 Å². The number of allylic oxidation sites excluding steroid dienone is 1. The minimum atomic E-state index is -1.81.